The predicted octanol–water partition coefficient (Wildman–Crippen LogP) is -1.88. The van der Waals surface area contributed by atoms with Crippen molar-refractivity contribution in [1.29, 1.82) is 0 Å². The highest BCUT2D eigenvalue weighted by atomic mass is 16.5. The summed E-state index contributed by atoms with van der Waals surface area (Å²) < 4.78 is 5.16. The summed E-state index contributed by atoms with van der Waals surface area (Å²) in [6.07, 6.45) is 0. The van der Waals surface area contributed by atoms with Crippen LogP contribution in [0.15, 0.2) is 0 Å². The molecule has 0 aliphatic carbocycles. The first-order chi connectivity index (χ1) is 5.91. The molecule has 0 atom stereocenters. The Morgan fingerprint density at radius 1 is 0.917 bits per heavy atom. The van der Waals surface area contributed by atoms with Gasteiger partial charge >= 0.3 is 0 Å². The molecule has 0 aromatic rings. The molecule has 0 rings (SSSR count). The molecule has 12 heavy (non-hydrogen) atoms. The normalized spacial score (nSPS) is 10.5. The zero-order chi connectivity index (χ0) is 9.07. The van der Waals surface area contributed by atoms with Gasteiger partial charge in [-0.2, -0.15) is 0 Å². The highest BCUT2D eigenvalue weighted by molar-refractivity contribution is 4.44. The zero-order valence-electron chi connectivity index (χ0n) is 7.25. The van der Waals surface area contributed by atoms with E-state index in [1.165, 1.54) is 0 Å². The molecule has 0 saturated heterocycles. The van der Waals surface area contributed by atoms with Crippen LogP contribution in [0.25, 0.3) is 0 Å². The molecule has 0 saturated carbocycles. The van der Waals surface area contributed by atoms with E-state index >= 15 is 0 Å². The topological polar surface area (TPSA) is 73.8 Å². The Labute approximate surface area is 72.7 Å². The van der Waals surface area contributed by atoms with Crippen molar-refractivity contribution in [1.82, 2.24) is 10.6 Å². The number of aliphatic hydroxyl groups is 2. The molecule has 0 heterocycles. The second-order valence-corrected chi connectivity index (χ2v) is 2.24. The van der Waals surface area contributed by atoms with Crippen LogP contribution in [0.2, 0.25) is 0 Å². The Hall–Kier alpha value is -0.200. The van der Waals surface area contributed by atoms with Crippen molar-refractivity contribution < 1.29 is 14.9 Å². The second kappa shape index (κ2) is 10.8. The lowest BCUT2D eigenvalue weighted by atomic mass is 10.6. The predicted molar refractivity (Wildman–Crippen MR) is 45.9 cm³/mol. The molecule has 74 valence electrons. The minimum Gasteiger partial charge on any atom is -0.395 e. The van der Waals surface area contributed by atoms with Gasteiger partial charge in [0.2, 0.25) is 0 Å². The average molecular weight is 178 g/mol. The van der Waals surface area contributed by atoms with E-state index in [0.717, 1.165) is 6.54 Å². The molecule has 0 aliphatic heterocycles. The van der Waals surface area contributed by atoms with Crippen LogP contribution in [-0.2, 0) is 4.74 Å². The number of hydrogen-bond acceptors (Lipinski definition) is 5. The van der Waals surface area contributed by atoms with Crippen molar-refractivity contribution in [2.45, 2.75) is 0 Å². The Bertz CT molecular complexity index is 73.1. The summed E-state index contributed by atoms with van der Waals surface area (Å²) in [6, 6.07) is 0. The number of rotatable bonds is 9. The average Bonchev–Trinajstić information content (AvgIpc) is 2.10. The van der Waals surface area contributed by atoms with Gasteiger partial charge in [0.15, 0.2) is 0 Å². The summed E-state index contributed by atoms with van der Waals surface area (Å²) in [5.41, 5.74) is 0. The lowest BCUT2D eigenvalue weighted by Gasteiger charge is -2.04. The summed E-state index contributed by atoms with van der Waals surface area (Å²) in [5.74, 6) is 0. The van der Waals surface area contributed by atoms with Crippen LogP contribution in [0.5, 0.6) is 0 Å². The second-order valence-electron chi connectivity index (χ2n) is 2.24. The van der Waals surface area contributed by atoms with E-state index in [-0.39, 0.29) is 13.3 Å². The molecule has 0 aromatic carbocycles. The Morgan fingerprint density at radius 2 is 1.58 bits per heavy atom. The van der Waals surface area contributed by atoms with Crippen LogP contribution in [0, 0.1) is 0 Å². The summed E-state index contributed by atoms with van der Waals surface area (Å²) in [4.78, 5) is 0. The zero-order valence-corrected chi connectivity index (χ0v) is 7.25. The number of hydrogen-bond donors (Lipinski definition) is 4. The lowest BCUT2D eigenvalue weighted by Crippen LogP contribution is -2.25. The molecule has 5 heteroatoms. The fourth-order valence-electron chi connectivity index (χ4n) is 0.674. The highest BCUT2D eigenvalue weighted by Gasteiger charge is 1.87. The summed E-state index contributed by atoms with van der Waals surface area (Å²) in [5, 5.41) is 22.4. The Morgan fingerprint density at radius 3 is 2.17 bits per heavy atom. The lowest BCUT2D eigenvalue weighted by molar-refractivity contribution is 0.129. The van der Waals surface area contributed by atoms with Gasteiger partial charge in [0.05, 0.1) is 26.6 Å². The molecule has 0 bridgehead atoms. The van der Waals surface area contributed by atoms with Crippen molar-refractivity contribution in [3.05, 3.63) is 0 Å². The van der Waals surface area contributed by atoms with Crippen molar-refractivity contribution in [3.8, 4) is 0 Å². The highest BCUT2D eigenvalue weighted by Crippen LogP contribution is 1.71. The smallest absolute Gasteiger partial charge is 0.0932 e. The van der Waals surface area contributed by atoms with Crippen LogP contribution in [-0.4, -0.2) is 56.4 Å². The van der Waals surface area contributed by atoms with E-state index in [1.54, 1.807) is 0 Å². The van der Waals surface area contributed by atoms with E-state index in [4.69, 9.17) is 14.9 Å². The number of ether oxygens (including phenoxy) is 1. The van der Waals surface area contributed by atoms with Crippen LogP contribution in [0.4, 0.5) is 0 Å². The molecule has 5 nitrogen and oxygen atoms in total. The van der Waals surface area contributed by atoms with E-state index in [9.17, 15) is 0 Å². The SMILES string of the molecule is OCCNCCOCCNCO. The molecule has 0 fully saturated rings. The van der Waals surface area contributed by atoms with Gasteiger partial charge in [0, 0.05) is 19.6 Å². The molecule has 4 N–H and O–H groups in total. The van der Waals surface area contributed by atoms with Crippen molar-refractivity contribution in [3.63, 3.8) is 0 Å². The van der Waals surface area contributed by atoms with Gasteiger partial charge in [-0.15, -0.1) is 0 Å². The molecule has 0 radical (unpaired) electrons. The monoisotopic (exact) mass is 178 g/mol. The molecule has 0 aliphatic rings. The largest absolute Gasteiger partial charge is 0.395 e. The van der Waals surface area contributed by atoms with Gasteiger partial charge in [-0.25, -0.2) is 0 Å². The van der Waals surface area contributed by atoms with Gasteiger partial charge in [0.1, 0.15) is 0 Å². The van der Waals surface area contributed by atoms with E-state index in [2.05, 4.69) is 10.6 Å². The van der Waals surface area contributed by atoms with Gasteiger partial charge in [-0.05, 0) is 0 Å². The maximum absolute atomic E-state index is 8.40. The molecular formula is C7H18N2O3. The summed E-state index contributed by atoms with van der Waals surface area (Å²) in [7, 11) is 0. The van der Waals surface area contributed by atoms with Crippen LogP contribution >= 0.6 is 0 Å². The third-order valence-corrected chi connectivity index (χ3v) is 1.25. The van der Waals surface area contributed by atoms with Gasteiger partial charge in [-0.1, -0.05) is 0 Å². The van der Waals surface area contributed by atoms with Crippen LogP contribution < -0.4 is 10.6 Å². The Balaban J connectivity index is 2.73. The van der Waals surface area contributed by atoms with Crippen LogP contribution in [0.3, 0.4) is 0 Å². The molecule has 0 aromatic heterocycles. The first-order valence-corrected chi connectivity index (χ1v) is 4.12. The first kappa shape index (κ1) is 11.8. The minimum atomic E-state index is -0.00782. The standard InChI is InChI=1S/C7H18N2O3/c10-4-1-8-2-5-12-6-3-9-7-11/h8-11H,1-7H2. The van der Waals surface area contributed by atoms with Crippen molar-refractivity contribution in [2.24, 2.45) is 0 Å². The third-order valence-electron chi connectivity index (χ3n) is 1.25. The van der Waals surface area contributed by atoms with Crippen molar-refractivity contribution in [2.75, 3.05) is 46.2 Å². The van der Waals surface area contributed by atoms with Crippen LogP contribution in [0.1, 0.15) is 0 Å². The van der Waals surface area contributed by atoms with E-state index < -0.39 is 0 Å². The number of nitrogens with one attached hydrogen (secondary N) is 2. The van der Waals surface area contributed by atoms with E-state index in [0.29, 0.717) is 26.3 Å². The maximum Gasteiger partial charge on any atom is 0.0932 e. The molecule has 0 amide bonds. The van der Waals surface area contributed by atoms with E-state index in [1.807, 2.05) is 0 Å². The summed E-state index contributed by atoms with van der Waals surface area (Å²) >= 11 is 0. The van der Waals surface area contributed by atoms with Gasteiger partial charge in [0.25, 0.3) is 0 Å². The molecular weight excluding hydrogens is 160 g/mol. The molecule has 0 spiro atoms. The van der Waals surface area contributed by atoms with Gasteiger partial charge in [-0.3, -0.25) is 5.32 Å². The number of aliphatic hydroxyl groups excluding tert-OH is 2. The fraction of sp³-hybridized carbons (Fsp3) is 1.00. The third kappa shape index (κ3) is 9.80. The van der Waals surface area contributed by atoms with Crippen molar-refractivity contribution >= 4 is 0 Å². The maximum atomic E-state index is 8.40. The first-order valence-electron chi connectivity index (χ1n) is 4.12. The van der Waals surface area contributed by atoms with Gasteiger partial charge < -0.3 is 20.3 Å². The minimum absolute atomic E-state index is 0.00782. The summed E-state index contributed by atoms with van der Waals surface area (Å²) in [6.45, 7) is 3.40. The fourth-order valence-corrected chi connectivity index (χ4v) is 0.674. The quantitative estimate of drug-likeness (QED) is 0.246. The molecule has 0 unspecified atom stereocenters. The Kier molecular flexibility index (Phi) is 10.6.